The quantitative estimate of drug-likeness (QED) is 0.357. The summed E-state index contributed by atoms with van der Waals surface area (Å²) in [6.45, 7) is 6.81. The van der Waals surface area contributed by atoms with Gasteiger partial charge in [0.25, 0.3) is 0 Å². The molecule has 1 heterocycles. The van der Waals surface area contributed by atoms with Crippen molar-refractivity contribution in [2.24, 2.45) is 11.3 Å². The van der Waals surface area contributed by atoms with Crippen LogP contribution in [0.15, 0.2) is 24.3 Å². The first-order valence-corrected chi connectivity index (χ1v) is 11.9. The Morgan fingerprint density at radius 3 is 2.58 bits per heavy atom. The van der Waals surface area contributed by atoms with Crippen LogP contribution in [-0.4, -0.2) is 19.0 Å². The van der Waals surface area contributed by atoms with Gasteiger partial charge in [-0.15, -0.1) is 11.3 Å². The third-order valence-electron chi connectivity index (χ3n) is 6.31. The summed E-state index contributed by atoms with van der Waals surface area (Å²) in [4.78, 5) is 26.3. The molecule has 4 nitrogen and oxygen atoms in total. The molecule has 1 unspecified atom stereocenters. The van der Waals surface area contributed by atoms with Crippen LogP contribution in [0.3, 0.4) is 0 Å². The number of benzene rings is 1. The van der Waals surface area contributed by atoms with Gasteiger partial charge in [0, 0.05) is 26.6 Å². The molecule has 1 amide bonds. The van der Waals surface area contributed by atoms with Crippen molar-refractivity contribution in [3.8, 4) is 0 Å². The van der Waals surface area contributed by atoms with E-state index in [-0.39, 0.29) is 11.3 Å². The maximum Gasteiger partial charge on any atom is 0.341 e. The van der Waals surface area contributed by atoms with Crippen LogP contribution in [-0.2, 0) is 22.4 Å². The molecule has 0 spiro atoms. The summed E-state index contributed by atoms with van der Waals surface area (Å²) < 4.78 is 5.02. The number of rotatable bonds is 6. The van der Waals surface area contributed by atoms with E-state index in [0.29, 0.717) is 32.1 Å². The first kappa shape index (κ1) is 23.8. The van der Waals surface area contributed by atoms with Crippen LogP contribution in [0.5, 0.6) is 0 Å². The number of ether oxygens (including phenoxy) is 1. The largest absolute Gasteiger partial charge is 0.465 e. The highest BCUT2D eigenvalue weighted by molar-refractivity contribution is 7.17. The third-order valence-corrected chi connectivity index (χ3v) is 8.14. The predicted molar refractivity (Wildman–Crippen MR) is 129 cm³/mol. The number of halogens is 2. The van der Waals surface area contributed by atoms with E-state index >= 15 is 0 Å². The molecule has 0 aliphatic heterocycles. The molecule has 0 fully saturated rings. The minimum Gasteiger partial charge on any atom is -0.465 e. The zero-order valence-electron chi connectivity index (χ0n) is 18.2. The van der Waals surface area contributed by atoms with E-state index in [0.717, 1.165) is 36.1 Å². The number of methoxy groups -OCH3 is 1. The monoisotopic (exact) mass is 479 g/mol. The number of hydrogen-bond acceptors (Lipinski definition) is 4. The fraction of sp³-hybridized carbons (Fsp3) is 0.417. The molecule has 3 rings (SSSR count). The lowest BCUT2D eigenvalue weighted by Crippen LogP contribution is -2.28. The predicted octanol–water partition coefficient (Wildman–Crippen LogP) is 7.03. The molecule has 31 heavy (non-hydrogen) atoms. The third kappa shape index (κ3) is 5.16. The highest BCUT2D eigenvalue weighted by atomic mass is 35.5. The van der Waals surface area contributed by atoms with Gasteiger partial charge in [0.05, 0.1) is 12.7 Å². The van der Waals surface area contributed by atoms with Crippen LogP contribution in [0.4, 0.5) is 5.00 Å². The Bertz CT molecular complexity index is 1010. The average Bonchev–Trinajstić information content (AvgIpc) is 3.09. The smallest absolute Gasteiger partial charge is 0.341 e. The summed E-state index contributed by atoms with van der Waals surface area (Å²) in [7, 11) is 1.36. The Morgan fingerprint density at radius 1 is 1.29 bits per heavy atom. The van der Waals surface area contributed by atoms with Crippen molar-refractivity contribution in [2.45, 2.75) is 46.5 Å². The summed E-state index contributed by atoms with van der Waals surface area (Å²) in [5.41, 5.74) is 2.29. The van der Waals surface area contributed by atoms with Gasteiger partial charge < -0.3 is 10.1 Å². The van der Waals surface area contributed by atoms with Crippen LogP contribution in [0.25, 0.3) is 6.08 Å². The van der Waals surface area contributed by atoms with Gasteiger partial charge >= 0.3 is 5.97 Å². The van der Waals surface area contributed by atoms with Crippen molar-refractivity contribution in [1.82, 2.24) is 0 Å². The van der Waals surface area contributed by atoms with Gasteiger partial charge in [-0.1, -0.05) is 56.5 Å². The zero-order chi connectivity index (χ0) is 22.8. The molecule has 166 valence electrons. The average molecular weight is 480 g/mol. The first-order chi connectivity index (χ1) is 14.7. The second-order valence-corrected chi connectivity index (χ2v) is 10.4. The van der Waals surface area contributed by atoms with Crippen LogP contribution in [0, 0.1) is 11.3 Å². The fourth-order valence-corrected chi connectivity index (χ4v) is 5.77. The van der Waals surface area contributed by atoms with E-state index in [1.54, 1.807) is 24.3 Å². The number of amides is 1. The number of carbonyl (C=O) groups excluding carboxylic acids is 2. The van der Waals surface area contributed by atoms with Gasteiger partial charge in [-0.3, -0.25) is 4.79 Å². The Balaban J connectivity index is 1.87. The summed E-state index contributed by atoms with van der Waals surface area (Å²) in [5, 5.41) is 4.32. The standard InChI is InChI=1S/C24H27Cl2NO3S/c1-5-24(2,3)14-9-10-16-19(13-14)31-22(21(16)23(29)30-4)27-20(28)12-11-15-17(25)7-6-8-18(15)26/h6-8,11-12,14H,5,9-10,13H2,1-4H3,(H,27,28). The van der Waals surface area contributed by atoms with E-state index in [2.05, 4.69) is 26.1 Å². The first-order valence-electron chi connectivity index (χ1n) is 10.3. The summed E-state index contributed by atoms with van der Waals surface area (Å²) in [6.07, 6.45) is 6.78. The van der Waals surface area contributed by atoms with Crippen LogP contribution in [0.1, 0.15) is 60.0 Å². The molecule has 1 aromatic heterocycles. The van der Waals surface area contributed by atoms with E-state index in [1.165, 1.54) is 24.5 Å². The van der Waals surface area contributed by atoms with Crippen molar-refractivity contribution >= 4 is 57.5 Å². The van der Waals surface area contributed by atoms with E-state index < -0.39 is 5.97 Å². The maximum atomic E-state index is 12.6. The molecule has 0 bridgehead atoms. The van der Waals surface area contributed by atoms with Crippen molar-refractivity contribution in [2.75, 3.05) is 12.4 Å². The van der Waals surface area contributed by atoms with Crippen molar-refractivity contribution in [1.29, 1.82) is 0 Å². The second-order valence-electron chi connectivity index (χ2n) is 8.44. The van der Waals surface area contributed by atoms with Gasteiger partial charge in [-0.2, -0.15) is 0 Å². The molecule has 0 saturated heterocycles. The number of nitrogens with one attached hydrogen (secondary N) is 1. The SMILES string of the molecule is CCC(C)(C)C1CCc2c(sc(NC(=O)C=Cc3c(Cl)cccc3Cl)c2C(=O)OC)C1. The Morgan fingerprint density at radius 2 is 1.97 bits per heavy atom. The Hall–Kier alpha value is -1.82. The van der Waals surface area contributed by atoms with Gasteiger partial charge in [0.1, 0.15) is 5.00 Å². The van der Waals surface area contributed by atoms with Gasteiger partial charge in [-0.05, 0) is 54.4 Å². The van der Waals surface area contributed by atoms with Crippen molar-refractivity contribution in [3.63, 3.8) is 0 Å². The normalized spacial score (nSPS) is 16.3. The van der Waals surface area contributed by atoms with Crippen molar-refractivity contribution in [3.05, 3.63) is 55.9 Å². The molecule has 1 aliphatic rings. The summed E-state index contributed by atoms with van der Waals surface area (Å²) >= 11 is 13.8. The topological polar surface area (TPSA) is 55.4 Å². The molecule has 1 N–H and O–H groups in total. The molecular formula is C24H27Cl2NO3S. The zero-order valence-corrected chi connectivity index (χ0v) is 20.5. The summed E-state index contributed by atoms with van der Waals surface area (Å²) in [6, 6.07) is 5.16. The van der Waals surface area contributed by atoms with E-state index in [1.807, 2.05) is 0 Å². The molecule has 7 heteroatoms. The van der Waals surface area contributed by atoms with Gasteiger partial charge in [-0.25, -0.2) is 4.79 Å². The minimum absolute atomic E-state index is 0.230. The summed E-state index contributed by atoms with van der Waals surface area (Å²) in [5.74, 6) is -0.232. The highest BCUT2D eigenvalue weighted by Crippen LogP contribution is 2.45. The fourth-order valence-electron chi connectivity index (χ4n) is 3.93. The van der Waals surface area contributed by atoms with E-state index in [4.69, 9.17) is 27.9 Å². The second kappa shape index (κ2) is 9.76. The molecule has 2 aromatic rings. The molecule has 0 radical (unpaired) electrons. The molecule has 1 aliphatic carbocycles. The highest BCUT2D eigenvalue weighted by Gasteiger charge is 2.35. The molecule has 1 aromatic carbocycles. The van der Waals surface area contributed by atoms with Crippen LogP contribution in [0.2, 0.25) is 10.0 Å². The molecule has 1 atom stereocenters. The lowest BCUT2D eigenvalue weighted by atomic mass is 9.69. The molecule has 0 saturated carbocycles. The number of hydrogen-bond donors (Lipinski definition) is 1. The van der Waals surface area contributed by atoms with Crippen LogP contribution >= 0.6 is 34.5 Å². The Kier molecular flexibility index (Phi) is 7.51. The van der Waals surface area contributed by atoms with Crippen LogP contribution < -0.4 is 5.32 Å². The van der Waals surface area contributed by atoms with E-state index in [9.17, 15) is 9.59 Å². The van der Waals surface area contributed by atoms with Gasteiger partial charge in [0.15, 0.2) is 0 Å². The van der Waals surface area contributed by atoms with Crippen molar-refractivity contribution < 1.29 is 14.3 Å². The Labute approximate surface area is 197 Å². The minimum atomic E-state index is -0.417. The van der Waals surface area contributed by atoms with Gasteiger partial charge in [0.2, 0.25) is 5.91 Å². The number of fused-ring (bicyclic) bond motifs is 1. The number of carbonyl (C=O) groups is 2. The number of anilines is 1. The number of esters is 1. The number of thiophene rings is 1. The maximum absolute atomic E-state index is 12.6. The molecular weight excluding hydrogens is 453 g/mol. The lowest BCUT2D eigenvalue weighted by molar-refractivity contribution is -0.111. The lowest BCUT2D eigenvalue weighted by Gasteiger charge is -2.36.